The smallest absolute Gasteiger partial charge is 0.0946 e. The number of nitrogens with one attached hydrogen (secondary N) is 1. The van der Waals surface area contributed by atoms with Crippen molar-refractivity contribution in [3.8, 4) is 0 Å². The second kappa shape index (κ2) is 5.28. The normalized spacial score (nSPS) is 22.3. The Morgan fingerprint density at radius 1 is 1.47 bits per heavy atom. The van der Waals surface area contributed by atoms with Crippen molar-refractivity contribution in [2.24, 2.45) is 5.92 Å². The molecule has 1 aromatic heterocycles. The Hall–Kier alpha value is -0.870. The summed E-state index contributed by atoms with van der Waals surface area (Å²) in [5.41, 5.74) is 0. The van der Waals surface area contributed by atoms with E-state index in [0.29, 0.717) is 0 Å². The molecule has 1 N–H and O–H groups in total. The number of likely N-dealkylation sites (tertiary alicyclic amines) is 1. The van der Waals surface area contributed by atoms with Crippen LogP contribution in [-0.2, 0) is 6.54 Å². The van der Waals surface area contributed by atoms with E-state index < -0.39 is 0 Å². The van der Waals surface area contributed by atoms with E-state index >= 15 is 0 Å². The van der Waals surface area contributed by atoms with Gasteiger partial charge in [-0.3, -0.25) is 0 Å². The first kappa shape index (κ1) is 10.6. The summed E-state index contributed by atoms with van der Waals surface area (Å²) in [5.74, 6) is 0.845. The van der Waals surface area contributed by atoms with Crippen LogP contribution in [0.5, 0.6) is 0 Å². The number of hydrogen-bond acceptors (Lipinski definition) is 3. The molecule has 1 aliphatic heterocycles. The Labute approximate surface area is 91.3 Å². The lowest BCUT2D eigenvalue weighted by molar-refractivity contribution is 0.308. The van der Waals surface area contributed by atoms with Crippen molar-refractivity contribution in [2.75, 3.05) is 33.2 Å². The summed E-state index contributed by atoms with van der Waals surface area (Å²) in [4.78, 5) is 6.59. The first-order valence-corrected chi connectivity index (χ1v) is 5.71. The van der Waals surface area contributed by atoms with E-state index in [1.807, 2.05) is 25.8 Å². The lowest BCUT2D eigenvalue weighted by Gasteiger charge is -2.15. The van der Waals surface area contributed by atoms with Crippen LogP contribution < -0.4 is 5.32 Å². The molecular weight excluding hydrogens is 188 g/mol. The summed E-state index contributed by atoms with van der Waals surface area (Å²) in [6.07, 6.45) is 7.10. The number of rotatable bonds is 5. The molecule has 0 bridgehead atoms. The van der Waals surface area contributed by atoms with Crippen LogP contribution in [0.2, 0.25) is 0 Å². The largest absolute Gasteiger partial charge is 0.336 e. The van der Waals surface area contributed by atoms with E-state index in [-0.39, 0.29) is 0 Å². The van der Waals surface area contributed by atoms with Crippen LogP contribution in [-0.4, -0.2) is 47.7 Å². The molecule has 0 aromatic carbocycles. The Balaban J connectivity index is 1.69. The van der Waals surface area contributed by atoms with Crippen LogP contribution in [0.3, 0.4) is 0 Å². The second-order valence-electron chi connectivity index (χ2n) is 4.31. The number of imidazole rings is 1. The Kier molecular flexibility index (Phi) is 3.75. The molecule has 1 atom stereocenters. The lowest BCUT2D eigenvalue weighted by Crippen LogP contribution is -2.27. The van der Waals surface area contributed by atoms with E-state index in [9.17, 15) is 0 Å². The van der Waals surface area contributed by atoms with Crippen molar-refractivity contribution in [2.45, 2.75) is 13.0 Å². The minimum absolute atomic E-state index is 0.845. The van der Waals surface area contributed by atoms with Gasteiger partial charge < -0.3 is 14.8 Å². The molecule has 0 spiro atoms. The monoisotopic (exact) mass is 208 g/mol. The van der Waals surface area contributed by atoms with Crippen LogP contribution in [0.25, 0.3) is 0 Å². The van der Waals surface area contributed by atoms with Gasteiger partial charge in [-0.15, -0.1) is 0 Å². The summed E-state index contributed by atoms with van der Waals surface area (Å²) in [6, 6.07) is 0. The first-order chi connectivity index (χ1) is 7.38. The maximum atomic E-state index is 4.05. The zero-order valence-electron chi connectivity index (χ0n) is 9.39. The Bertz CT molecular complexity index is 270. The highest BCUT2D eigenvalue weighted by molar-refractivity contribution is 4.79. The van der Waals surface area contributed by atoms with Crippen molar-refractivity contribution < 1.29 is 0 Å². The SMILES string of the molecule is CNCC1CCN(CCn2ccnc2)C1. The van der Waals surface area contributed by atoms with Gasteiger partial charge in [0, 0.05) is 32.0 Å². The molecule has 1 aliphatic rings. The van der Waals surface area contributed by atoms with Crippen molar-refractivity contribution >= 4 is 0 Å². The molecule has 0 amide bonds. The standard InChI is InChI=1S/C11H20N4/c1-12-8-11-2-4-14(9-11)6-7-15-5-3-13-10-15/h3,5,10-12H,2,4,6-9H2,1H3. The van der Waals surface area contributed by atoms with Crippen LogP contribution >= 0.6 is 0 Å². The fourth-order valence-corrected chi connectivity index (χ4v) is 2.25. The third-order valence-corrected chi connectivity index (χ3v) is 3.10. The maximum absolute atomic E-state index is 4.05. The average molecular weight is 208 g/mol. The molecule has 0 aliphatic carbocycles. The van der Waals surface area contributed by atoms with Crippen molar-refractivity contribution in [1.82, 2.24) is 19.8 Å². The second-order valence-corrected chi connectivity index (χ2v) is 4.31. The quantitative estimate of drug-likeness (QED) is 0.761. The summed E-state index contributed by atoms with van der Waals surface area (Å²) in [7, 11) is 2.04. The van der Waals surface area contributed by atoms with E-state index in [0.717, 1.165) is 25.6 Å². The van der Waals surface area contributed by atoms with Crippen LogP contribution in [0, 0.1) is 5.92 Å². The Morgan fingerprint density at radius 2 is 2.40 bits per heavy atom. The van der Waals surface area contributed by atoms with E-state index in [2.05, 4.69) is 19.8 Å². The molecule has 84 valence electrons. The third-order valence-electron chi connectivity index (χ3n) is 3.10. The molecule has 15 heavy (non-hydrogen) atoms. The van der Waals surface area contributed by atoms with Gasteiger partial charge in [0.05, 0.1) is 6.33 Å². The molecule has 1 saturated heterocycles. The lowest BCUT2D eigenvalue weighted by atomic mass is 10.1. The van der Waals surface area contributed by atoms with Crippen LogP contribution in [0.4, 0.5) is 0 Å². The van der Waals surface area contributed by atoms with Crippen LogP contribution in [0.1, 0.15) is 6.42 Å². The maximum Gasteiger partial charge on any atom is 0.0946 e. The van der Waals surface area contributed by atoms with E-state index in [1.54, 1.807) is 0 Å². The molecule has 1 aromatic rings. The molecule has 1 fully saturated rings. The van der Waals surface area contributed by atoms with Crippen molar-refractivity contribution in [3.05, 3.63) is 18.7 Å². The highest BCUT2D eigenvalue weighted by Crippen LogP contribution is 2.14. The van der Waals surface area contributed by atoms with Crippen molar-refractivity contribution in [1.29, 1.82) is 0 Å². The summed E-state index contributed by atoms with van der Waals surface area (Å²) >= 11 is 0. The third kappa shape index (κ3) is 3.04. The van der Waals surface area contributed by atoms with Gasteiger partial charge in [-0.25, -0.2) is 4.98 Å². The summed E-state index contributed by atoms with van der Waals surface area (Å²) < 4.78 is 2.14. The molecule has 1 unspecified atom stereocenters. The predicted molar refractivity (Wildman–Crippen MR) is 60.7 cm³/mol. The van der Waals surface area contributed by atoms with Crippen LogP contribution in [0.15, 0.2) is 18.7 Å². The zero-order valence-corrected chi connectivity index (χ0v) is 9.39. The van der Waals surface area contributed by atoms with Gasteiger partial charge in [-0.2, -0.15) is 0 Å². The van der Waals surface area contributed by atoms with Crippen molar-refractivity contribution in [3.63, 3.8) is 0 Å². The highest BCUT2D eigenvalue weighted by atomic mass is 15.2. The molecule has 2 heterocycles. The van der Waals surface area contributed by atoms with Gasteiger partial charge in [0.25, 0.3) is 0 Å². The zero-order chi connectivity index (χ0) is 10.5. The van der Waals surface area contributed by atoms with Gasteiger partial charge in [0.15, 0.2) is 0 Å². The topological polar surface area (TPSA) is 33.1 Å². The van der Waals surface area contributed by atoms with Gasteiger partial charge in [-0.05, 0) is 32.5 Å². The number of aromatic nitrogens is 2. The average Bonchev–Trinajstić information content (AvgIpc) is 2.85. The van der Waals surface area contributed by atoms with Gasteiger partial charge in [0.2, 0.25) is 0 Å². The minimum Gasteiger partial charge on any atom is -0.336 e. The minimum atomic E-state index is 0.845. The Morgan fingerprint density at radius 3 is 3.13 bits per heavy atom. The van der Waals surface area contributed by atoms with E-state index in [4.69, 9.17) is 0 Å². The molecule has 4 heteroatoms. The molecular formula is C11H20N4. The fourth-order valence-electron chi connectivity index (χ4n) is 2.25. The molecule has 2 rings (SSSR count). The first-order valence-electron chi connectivity index (χ1n) is 5.71. The van der Waals surface area contributed by atoms with Gasteiger partial charge in [-0.1, -0.05) is 0 Å². The predicted octanol–water partition coefficient (Wildman–Crippen LogP) is 0.424. The summed E-state index contributed by atoms with van der Waals surface area (Å²) in [5, 5.41) is 3.26. The number of hydrogen-bond donors (Lipinski definition) is 1. The van der Waals surface area contributed by atoms with E-state index in [1.165, 1.54) is 19.5 Å². The molecule has 0 radical (unpaired) electrons. The molecule has 4 nitrogen and oxygen atoms in total. The fraction of sp³-hybridized carbons (Fsp3) is 0.727. The number of nitrogens with zero attached hydrogens (tertiary/aromatic N) is 3. The van der Waals surface area contributed by atoms with Gasteiger partial charge >= 0.3 is 0 Å². The summed E-state index contributed by atoms with van der Waals surface area (Å²) in [6.45, 7) is 5.86. The van der Waals surface area contributed by atoms with Gasteiger partial charge in [0.1, 0.15) is 0 Å². The molecule has 0 saturated carbocycles. The highest BCUT2D eigenvalue weighted by Gasteiger charge is 2.20.